The summed E-state index contributed by atoms with van der Waals surface area (Å²) in [4.78, 5) is 11.6. The highest BCUT2D eigenvalue weighted by atomic mass is 35.5. The first kappa shape index (κ1) is 16.8. The predicted molar refractivity (Wildman–Crippen MR) is 104 cm³/mol. The summed E-state index contributed by atoms with van der Waals surface area (Å²) in [7, 11) is -3.67. The zero-order valence-corrected chi connectivity index (χ0v) is 15.5. The van der Waals surface area contributed by atoms with Crippen molar-refractivity contribution in [2.45, 2.75) is 4.90 Å². The minimum absolute atomic E-state index is 0.148. The third-order valence-electron chi connectivity index (χ3n) is 3.53. The Kier molecular flexibility index (Phi) is 4.27. The highest BCUT2D eigenvalue weighted by Crippen LogP contribution is 2.23. The van der Waals surface area contributed by atoms with E-state index in [0.717, 1.165) is 11.0 Å². The lowest BCUT2D eigenvalue weighted by Gasteiger charge is -2.07. The topological polar surface area (TPSA) is 99.8 Å². The van der Waals surface area contributed by atoms with Crippen LogP contribution in [-0.2, 0) is 10.0 Å². The van der Waals surface area contributed by atoms with Crippen LogP contribution in [-0.4, -0.2) is 23.4 Å². The molecule has 0 unspecified atom stereocenters. The van der Waals surface area contributed by atoms with Crippen LogP contribution in [0.1, 0.15) is 0 Å². The van der Waals surface area contributed by atoms with E-state index in [9.17, 15) is 8.42 Å². The Hall–Kier alpha value is -2.62. The second-order valence-electron chi connectivity index (χ2n) is 5.34. The van der Waals surface area contributed by atoms with Crippen molar-refractivity contribution in [3.8, 4) is 0 Å². The summed E-state index contributed by atoms with van der Waals surface area (Å²) in [5.41, 5.74) is 2.29. The summed E-state index contributed by atoms with van der Waals surface area (Å²) in [5, 5.41) is 5.75. The van der Waals surface area contributed by atoms with Crippen LogP contribution < -0.4 is 10.0 Å². The maximum Gasteiger partial charge on any atom is 0.263 e. The minimum Gasteiger partial charge on any atom is -0.326 e. The molecule has 2 aromatic carbocycles. The van der Waals surface area contributed by atoms with Gasteiger partial charge in [-0.05, 0) is 42.5 Å². The van der Waals surface area contributed by atoms with Crippen LogP contribution in [0.3, 0.4) is 0 Å². The van der Waals surface area contributed by atoms with Gasteiger partial charge in [0.15, 0.2) is 5.13 Å². The van der Waals surface area contributed by atoms with Crippen molar-refractivity contribution in [2.24, 2.45) is 0 Å². The SMILES string of the molecule is O=S(=O)(Nc1nccs1)c1ccc(Nc2nc3ccc(Cl)cc3[nH]2)cc1. The number of aromatic nitrogens is 3. The van der Waals surface area contributed by atoms with E-state index >= 15 is 0 Å². The van der Waals surface area contributed by atoms with Crippen LogP contribution in [0, 0.1) is 0 Å². The van der Waals surface area contributed by atoms with Gasteiger partial charge < -0.3 is 10.3 Å². The van der Waals surface area contributed by atoms with E-state index in [1.807, 2.05) is 6.07 Å². The van der Waals surface area contributed by atoms with Crippen molar-refractivity contribution in [3.63, 3.8) is 0 Å². The largest absolute Gasteiger partial charge is 0.326 e. The van der Waals surface area contributed by atoms with Crippen LogP contribution >= 0.6 is 22.9 Å². The summed E-state index contributed by atoms with van der Waals surface area (Å²) in [6.45, 7) is 0. The van der Waals surface area contributed by atoms with E-state index in [0.29, 0.717) is 21.8 Å². The second-order valence-corrected chi connectivity index (χ2v) is 8.35. The molecule has 0 radical (unpaired) electrons. The highest BCUT2D eigenvalue weighted by Gasteiger charge is 2.15. The number of imidazole rings is 1. The Morgan fingerprint density at radius 3 is 2.65 bits per heavy atom. The Bertz CT molecular complexity index is 1160. The van der Waals surface area contributed by atoms with Crippen LogP contribution in [0.25, 0.3) is 11.0 Å². The van der Waals surface area contributed by atoms with Crippen molar-refractivity contribution in [1.82, 2.24) is 15.0 Å². The maximum absolute atomic E-state index is 12.3. The molecule has 0 aliphatic heterocycles. The van der Waals surface area contributed by atoms with Gasteiger partial charge in [-0.2, -0.15) is 0 Å². The standard InChI is InChI=1S/C16H12ClN5O2S2/c17-10-1-6-13-14(9-10)21-15(20-13)19-11-2-4-12(5-3-11)26(23,24)22-16-18-7-8-25-16/h1-9H,(H,18,22)(H2,19,20,21). The number of hydrogen-bond donors (Lipinski definition) is 3. The summed E-state index contributed by atoms with van der Waals surface area (Å²) >= 11 is 7.18. The predicted octanol–water partition coefficient (Wildman–Crippen LogP) is 4.22. The third-order valence-corrected chi connectivity index (χ3v) is 5.93. The number of benzene rings is 2. The molecule has 4 aromatic rings. The van der Waals surface area contributed by atoms with Gasteiger partial charge in [0.05, 0.1) is 15.9 Å². The van der Waals surface area contributed by atoms with E-state index in [1.165, 1.54) is 29.7 Å². The number of aromatic amines is 1. The number of fused-ring (bicyclic) bond motifs is 1. The molecule has 132 valence electrons. The summed E-state index contributed by atoms with van der Waals surface area (Å²) in [6.07, 6.45) is 1.54. The molecule has 0 aliphatic carbocycles. The quantitative estimate of drug-likeness (QED) is 0.461. The average molecular weight is 406 g/mol. The average Bonchev–Trinajstić information content (AvgIpc) is 3.23. The van der Waals surface area contributed by atoms with Gasteiger partial charge in [-0.3, -0.25) is 4.72 Å². The van der Waals surface area contributed by atoms with Crippen molar-refractivity contribution < 1.29 is 8.42 Å². The molecule has 2 heterocycles. The highest BCUT2D eigenvalue weighted by molar-refractivity contribution is 7.93. The number of H-pyrrole nitrogens is 1. The molecule has 0 saturated carbocycles. The second kappa shape index (κ2) is 6.60. The van der Waals surface area contributed by atoms with E-state index in [1.54, 1.807) is 29.6 Å². The number of sulfonamides is 1. The number of nitrogens with one attached hydrogen (secondary N) is 3. The van der Waals surface area contributed by atoms with E-state index < -0.39 is 10.0 Å². The fourth-order valence-electron chi connectivity index (χ4n) is 2.34. The molecule has 0 amide bonds. The smallest absolute Gasteiger partial charge is 0.263 e. The monoisotopic (exact) mass is 405 g/mol. The van der Waals surface area contributed by atoms with Crippen molar-refractivity contribution in [3.05, 3.63) is 59.1 Å². The van der Waals surface area contributed by atoms with E-state index in [-0.39, 0.29) is 4.90 Å². The molecule has 2 aromatic heterocycles. The normalized spacial score (nSPS) is 11.6. The van der Waals surface area contributed by atoms with E-state index in [4.69, 9.17) is 11.6 Å². The third kappa shape index (κ3) is 3.50. The van der Waals surface area contributed by atoms with E-state index in [2.05, 4.69) is 25.0 Å². The van der Waals surface area contributed by atoms with Crippen LogP contribution in [0.4, 0.5) is 16.8 Å². The van der Waals surface area contributed by atoms with Gasteiger partial charge in [-0.25, -0.2) is 18.4 Å². The molecule has 26 heavy (non-hydrogen) atoms. The van der Waals surface area contributed by atoms with Crippen molar-refractivity contribution >= 4 is 60.8 Å². The first-order valence-corrected chi connectivity index (χ1v) is 10.2. The molecule has 7 nitrogen and oxygen atoms in total. The number of anilines is 3. The number of nitrogens with zero attached hydrogens (tertiary/aromatic N) is 2. The van der Waals surface area contributed by atoms with Gasteiger partial charge in [-0.15, -0.1) is 11.3 Å². The fraction of sp³-hybridized carbons (Fsp3) is 0. The van der Waals surface area contributed by atoms with Crippen molar-refractivity contribution in [1.29, 1.82) is 0 Å². The Labute approximate surface area is 158 Å². The molecular weight excluding hydrogens is 394 g/mol. The zero-order chi connectivity index (χ0) is 18.1. The van der Waals surface area contributed by atoms with Gasteiger partial charge in [0.25, 0.3) is 10.0 Å². The maximum atomic E-state index is 12.3. The van der Waals surface area contributed by atoms with Crippen molar-refractivity contribution in [2.75, 3.05) is 10.0 Å². The lowest BCUT2D eigenvalue weighted by Crippen LogP contribution is -2.12. The first-order chi connectivity index (χ1) is 12.5. The number of hydrogen-bond acceptors (Lipinski definition) is 6. The molecule has 4 rings (SSSR count). The minimum atomic E-state index is -3.67. The Morgan fingerprint density at radius 2 is 1.92 bits per heavy atom. The first-order valence-electron chi connectivity index (χ1n) is 7.44. The summed E-state index contributed by atoms with van der Waals surface area (Å²) in [6, 6.07) is 11.7. The lowest BCUT2D eigenvalue weighted by atomic mass is 10.3. The Morgan fingerprint density at radius 1 is 1.12 bits per heavy atom. The Balaban J connectivity index is 1.53. The zero-order valence-electron chi connectivity index (χ0n) is 13.1. The number of halogens is 1. The summed E-state index contributed by atoms with van der Waals surface area (Å²) in [5.74, 6) is 0.541. The molecule has 0 bridgehead atoms. The lowest BCUT2D eigenvalue weighted by molar-refractivity contribution is 0.601. The molecule has 0 atom stereocenters. The molecule has 10 heteroatoms. The number of rotatable bonds is 5. The van der Waals surface area contributed by atoms with Gasteiger partial charge in [0.1, 0.15) is 0 Å². The molecular formula is C16H12ClN5O2S2. The molecule has 0 aliphatic rings. The summed E-state index contributed by atoms with van der Waals surface area (Å²) < 4.78 is 27.1. The van der Waals surface area contributed by atoms with Gasteiger partial charge in [0, 0.05) is 22.3 Å². The van der Waals surface area contributed by atoms with Gasteiger partial charge in [-0.1, -0.05) is 11.6 Å². The van der Waals surface area contributed by atoms with Crippen LogP contribution in [0.5, 0.6) is 0 Å². The molecule has 0 fully saturated rings. The molecule has 0 spiro atoms. The van der Waals surface area contributed by atoms with Crippen LogP contribution in [0.2, 0.25) is 5.02 Å². The van der Waals surface area contributed by atoms with Crippen LogP contribution in [0.15, 0.2) is 58.9 Å². The molecule has 3 N–H and O–H groups in total. The van der Waals surface area contributed by atoms with Gasteiger partial charge >= 0.3 is 0 Å². The molecule has 0 saturated heterocycles. The number of thiazole rings is 1. The fourth-order valence-corrected chi connectivity index (χ4v) is 4.30. The van der Waals surface area contributed by atoms with Gasteiger partial charge in [0.2, 0.25) is 5.95 Å².